The van der Waals surface area contributed by atoms with Crippen LogP contribution in [0.2, 0.25) is 0 Å². The maximum Gasteiger partial charge on any atom is 0.230 e. The van der Waals surface area contributed by atoms with E-state index in [9.17, 15) is 9.90 Å². The quantitative estimate of drug-likeness (QED) is 0.488. The third-order valence-electron chi connectivity index (χ3n) is 4.67. The van der Waals surface area contributed by atoms with E-state index < -0.39 is 6.10 Å². The summed E-state index contributed by atoms with van der Waals surface area (Å²) in [6.45, 7) is 8.14. The first-order valence-corrected chi connectivity index (χ1v) is 11.3. The molecule has 0 aliphatic rings. The van der Waals surface area contributed by atoms with E-state index in [1.54, 1.807) is 12.3 Å². The molecule has 0 fully saturated rings. The molecule has 0 saturated heterocycles. The molecular weight excluding hydrogens is 410 g/mol. The number of aliphatic hydroxyl groups excluding tert-OH is 1. The number of ether oxygens (including phenoxy) is 1. The molecule has 1 heterocycles. The van der Waals surface area contributed by atoms with Gasteiger partial charge in [-0.25, -0.2) is 4.98 Å². The number of aromatic nitrogens is 2. The molecule has 0 aliphatic heterocycles. The normalized spacial score (nSPS) is 12.1. The monoisotopic (exact) mass is 439 g/mol. The average molecular weight is 440 g/mol. The number of aliphatic hydroxyl groups is 1. The van der Waals surface area contributed by atoms with Crippen LogP contribution < -0.4 is 10.1 Å². The molecule has 0 spiro atoms. The molecule has 7 heteroatoms. The summed E-state index contributed by atoms with van der Waals surface area (Å²) in [5.41, 5.74) is 4.07. The Kier molecular flexibility index (Phi) is 7.76. The van der Waals surface area contributed by atoms with Gasteiger partial charge in [0.2, 0.25) is 5.91 Å². The summed E-state index contributed by atoms with van der Waals surface area (Å²) in [5, 5.41) is 14.0. The highest BCUT2D eigenvalue weighted by Crippen LogP contribution is 2.24. The largest absolute Gasteiger partial charge is 0.491 e. The number of aryl methyl sites for hydroxylation is 2. The van der Waals surface area contributed by atoms with Crippen LogP contribution in [0.5, 0.6) is 5.75 Å². The van der Waals surface area contributed by atoms with Gasteiger partial charge in [-0.2, -0.15) is 0 Å². The minimum Gasteiger partial charge on any atom is -0.491 e. The summed E-state index contributed by atoms with van der Waals surface area (Å²) in [6, 6.07) is 13.6. The topological polar surface area (TPSA) is 76.4 Å². The molecule has 3 aromatic rings. The number of hydrogen-bond acceptors (Lipinski definition) is 5. The molecule has 1 atom stereocenters. The summed E-state index contributed by atoms with van der Waals surface area (Å²) < 4.78 is 7.66. The molecule has 31 heavy (non-hydrogen) atoms. The summed E-state index contributed by atoms with van der Waals surface area (Å²) in [7, 11) is 0. The molecule has 0 bridgehead atoms. The Morgan fingerprint density at radius 2 is 2.03 bits per heavy atom. The smallest absolute Gasteiger partial charge is 0.230 e. The van der Waals surface area contributed by atoms with E-state index >= 15 is 0 Å². The van der Waals surface area contributed by atoms with Crippen molar-refractivity contribution in [3.8, 4) is 11.4 Å². The summed E-state index contributed by atoms with van der Waals surface area (Å²) in [4.78, 5) is 16.7. The van der Waals surface area contributed by atoms with E-state index in [1.165, 1.54) is 17.3 Å². The van der Waals surface area contributed by atoms with Crippen LogP contribution in [0.1, 0.15) is 36.6 Å². The molecule has 1 aromatic heterocycles. The molecule has 2 aromatic carbocycles. The molecule has 3 rings (SSSR count). The molecule has 1 unspecified atom stereocenters. The van der Waals surface area contributed by atoms with Gasteiger partial charge in [0.05, 0.1) is 23.6 Å². The van der Waals surface area contributed by atoms with E-state index in [0.29, 0.717) is 11.3 Å². The highest BCUT2D eigenvalue weighted by atomic mass is 32.2. The van der Waals surface area contributed by atoms with Crippen LogP contribution in [0, 0.1) is 13.8 Å². The van der Waals surface area contributed by atoms with Crippen molar-refractivity contribution < 1.29 is 14.6 Å². The lowest BCUT2D eigenvalue weighted by molar-refractivity contribution is -0.119. The van der Waals surface area contributed by atoms with Gasteiger partial charge >= 0.3 is 0 Å². The number of imidazole rings is 1. The molecule has 6 nitrogen and oxygen atoms in total. The van der Waals surface area contributed by atoms with Gasteiger partial charge in [0.1, 0.15) is 5.75 Å². The second-order valence-electron chi connectivity index (χ2n) is 7.72. The van der Waals surface area contributed by atoms with E-state index in [4.69, 9.17) is 4.74 Å². The fourth-order valence-corrected chi connectivity index (χ4v) is 3.93. The molecule has 1 amide bonds. The van der Waals surface area contributed by atoms with Crippen molar-refractivity contribution in [2.75, 3.05) is 12.3 Å². The van der Waals surface area contributed by atoms with E-state index in [1.807, 2.05) is 42.8 Å². The molecule has 0 saturated carbocycles. The Hall–Kier alpha value is -2.77. The second kappa shape index (κ2) is 10.5. The van der Waals surface area contributed by atoms with Gasteiger partial charge in [0.15, 0.2) is 5.16 Å². The molecule has 164 valence electrons. The van der Waals surface area contributed by atoms with Crippen LogP contribution >= 0.6 is 11.8 Å². The third kappa shape index (κ3) is 6.35. The highest BCUT2D eigenvalue weighted by Gasteiger charge is 2.13. The van der Waals surface area contributed by atoms with Crippen LogP contribution in [-0.2, 0) is 4.79 Å². The lowest BCUT2D eigenvalue weighted by atomic mass is 10.1. The van der Waals surface area contributed by atoms with Crippen molar-refractivity contribution in [3.63, 3.8) is 0 Å². The van der Waals surface area contributed by atoms with Crippen molar-refractivity contribution in [2.45, 2.75) is 45.1 Å². The van der Waals surface area contributed by atoms with Crippen LogP contribution in [0.25, 0.3) is 5.69 Å². The van der Waals surface area contributed by atoms with Gasteiger partial charge in [0.25, 0.3) is 0 Å². The first kappa shape index (κ1) is 22.9. The maximum absolute atomic E-state index is 12.4. The number of rotatable bonds is 9. The highest BCUT2D eigenvalue weighted by molar-refractivity contribution is 7.99. The van der Waals surface area contributed by atoms with Gasteiger partial charge in [0, 0.05) is 18.9 Å². The van der Waals surface area contributed by atoms with Crippen molar-refractivity contribution >= 4 is 17.7 Å². The van der Waals surface area contributed by atoms with Crippen LogP contribution in [0.4, 0.5) is 0 Å². The van der Waals surface area contributed by atoms with E-state index in [2.05, 4.69) is 42.3 Å². The van der Waals surface area contributed by atoms with Crippen molar-refractivity contribution in [1.82, 2.24) is 14.9 Å². The minimum absolute atomic E-state index is 0.0558. The summed E-state index contributed by atoms with van der Waals surface area (Å²) >= 11 is 1.37. The van der Waals surface area contributed by atoms with Gasteiger partial charge in [-0.3, -0.25) is 9.36 Å². The predicted octanol–water partition coefficient (Wildman–Crippen LogP) is 4.22. The zero-order chi connectivity index (χ0) is 22.4. The van der Waals surface area contributed by atoms with Gasteiger partial charge in [-0.15, -0.1) is 0 Å². The standard InChI is InChI=1S/C24H29N3O3S/c1-16(2)30-20-7-5-6-19(13-20)22(28)14-26-23(29)15-31-24-25-10-11-27(24)21-12-17(3)8-9-18(21)4/h5-13,16,22,28H,14-15H2,1-4H3,(H,26,29). The molecular formula is C24H29N3O3S. The van der Waals surface area contributed by atoms with E-state index in [0.717, 1.165) is 16.4 Å². The number of benzene rings is 2. The van der Waals surface area contributed by atoms with Gasteiger partial charge < -0.3 is 15.2 Å². The van der Waals surface area contributed by atoms with Gasteiger partial charge in [-0.1, -0.05) is 36.0 Å². The third-order valence-corrected chi connectivity index (χ3v) is 5.64. The zero-order valence-electron chi connectivity index (χ0n) is 18.3. The Labute approximate surface area is 187 Å². The Morgan fingerprint density at radius 1 is 1.23 bits per heavy atom. The summed E-state index contributed by atoms with van der Waals surface area (Å²) in [6.07, 6.45) is 2.89. The van der Waals surface area contributed by atoms with Gasteiger partial charge in [-0.05, 0) is 62.6 Å². The van der Waals surface area contributed by atoms with Crippen molar-refractivity contribution in [2.24, 2.45) is 0 Å². The van der Waals surface area contributed by atoms with Crippen LogP contribution in [-0.4, -0.2) is 39.0 Å². The number of nitrogens with one attached hydrogen (secondary N) is 1. The Bertz CT molecular complexity index is 1030. The minimum atomic E-state index is -0.804. The Morgan fingerprint density at radius 3 is 2.81 bits per heavy atom. The molecule has 0 aliphatic carbocycles. The predicted molar refractivity (Wildman–Crippen MR) is 124 cm³/mol. The number of amides is 1. The fraction of sp³-hybridized carbons (Fsp3) is 0.333. The zero-order valence-corrected chi connectivity index (χ0v) is 19.1. The number of carbonyl (C=O) groups excluding carboxylic acids is 1. The van der Waals surface area contributed by atoms with E-state index in [-0.39, 0.29) is 24.3 Å². The molecule has 2 N–H and O–H groups in total. The SMILES string of the molecule is Cc1ccc(C)c(-n2ccnc2SCC(=O)NCC(O)c2cccc(OC(C)C)c2)c1. The number of nitrogens with zero attached hydrogens (tertiary/aromatic N) is 2. The summed E-state index contributed by atoms with van der Waals surface area (Å²) in [5.74, 6) is 0.756. The fourth-order valence-electron chi connectivity index (χ4n) is 3.14. The van der Waals surface area contributed by atoms with Crippen LogP contribution in [0.3, 0.4) is 0 Å². The average Bonchev–Trinajstić information content (AvgIpc) is 3.20. The first-order valence-electron chi connectivity index (χ1n) is 10.3. The number of thioether (sulfide) groups is 1. The molecule has 0 radical (unpaired) electrons. The Balaban J connectivity index is 1.55. The number of hydrogen-bond donors (Lipinski definition) is 2. The van der Waals surface area contributed by atoms with Crippen LogP contribution in [0.15, 0.2) is 60.0 Å². The lowest BCUT2D eigenvalue weighted by Crippen LogP contribution is -2.29. The van der Waals surface area contributed by atoms with Crippen molar-refractivity contribution in [3.05, 3.63) is 71.5 Å². The number of carbonyl (C=O) groups is 1. The van der Waals surface area contributed by atoms with Crippen molar-refractivity contribution in [1.29, 1.82) is 0 Å². The maximum atomic E-state index is 12.4. The lowest BCUT2D eigenvalue weighted by Gasteiger charge is -2.15. The first-order chi connectivity index (χ1) is 14.8. The second-order valence-corrected chi connectivity index (χ2v) is 8.66.